The predicted molar refractivity (Wildman–Crippen MR) is 169 cm³/mol. The molecule has 2 aliphatic rings. The van der Waals surface area contributed by atoms with E-state index in [-0.39, 0.29) is 54.8 Å². The van der Waals surface area contributed by atoms with E-state index in [0.717, 1.165) is 24.1 Å². The van der Waals surface area contributed by atoms with Crippen LogP contribution in [-0.4, -0.2) is 65.7 Å². The quantitative estimate of drug-likeness (QED) is 0.358. The van der Waals surface area contributed by atoms with Crippen LogP contribution in [0.2, 0.25) is 0 Å². The van der Waals surface area contributed by atoms with Crippen LogP contribution in [0.25, 0.3) is 0 Å². The molecule has 4 N–H and O–H groups in total. The highest BCUT2D eigenvalue weighted by Gasteiger charge is 2.31. The first-order valence-electron chi connectivity index (χ1n) is 15.8. The molecule has 0 saturated carbocycles. The number of fused-ring (bicyclic) bond motifs is 1. The van der Waals surface area contributed by atoms with E-state index in [4.69, 9.17) is 4.74 Å². The summed E-state index contributed by atoms with van der Waals surface area (Å²) in [6.45, 7) is 9.26. The number of hydrogen-bond acceptors (Lipinski definition) is 6. The molecule has 45 heavy (non-hydrogen) atoms. The summed E-state index contributed by atoms with van der Waals surface area (Å²) in [5.74, 6) is -1.50. The maximum Gasteiger partial charge on any atom is 0.255 e. The van der Waals surface area contributed by atoms with Gasteiger partial charge in [-0.25, -0.2) is 0 Å². The van der Waals surface area contributed by atoms with Crippen molar-refractivity contribution in [1.82, 2.24) is 26.2 Å². The third-order valence-electron chi connectivity index (χ3n) is 7.95. The summed E-state index contributed by atoms with van der Waals surface area (Å²) >= 11 is 0. The average Bonchev–Trinajstić information content (AvgIpc) is 3.40. The van der Waals surface area contributed by atoms with Crippen molar-refractivity contribution in [3.8, 4) is 5.75 Å². The van der Waals surface area contributed by atoms with Gasteiger partial charge in [0.2, 0.25) is 23.6 Å². The van der Waals surface area contributed by atoms with Gasteiger partial charge in [0.15, 0.2) is 0 Å². The first-order chi connectivity index (χ1) is 21.5. The van der Waals surface area contributed by atoms with Gasteiger partial charge in [0.1, 0.15) is 24.4 Å². The fourth-order valence-electron chi connectivity index (χ4n) is 5.64. The van der Waals surface area contributed by atoms with Crippen molar-refractivity contribution in [3.63, 3.8) is 0 Å². The third kappa shape index (κ3) is 9.54. The highest BCUT2D eigenvalue weighted by molar-refractivity contribution is 6.01. The fourth-order valence-corrected chi connectivity index (χ4v) is 5.64. The summed E-state index contributed by atoms with van der Waals surface area (Å²) in [7, 11) is 0. The van der Waals surface area contributed by atoms with Gasteiger partial charge >= 0.3 is 0 Å². The molecule has 0 unspecified atom stereocenters. The largest absolute Gasteiger partial charge is 0.491 e. The number of amides is 5. The molecule has 4 rings (SSSR count). The minimum atomic E-state index is -1.22. The number of nitrogens with zero attached hydrogens (tertiary/aromatic N) is 1. The van der Waals surface area contributed by atoms with Crippen LogP contribution in [0.4, 0.5) is 0 Å². The van der Waals surface area contributed by atoms with E-state index in [1.54, 1.807) is 24.3 Å². The lowest BCUT2D eigenvalue weighted by Crippen LogP contribution is -2.55. The molecule has 0 spiro atoms. The number of carbonyl (C=O) groups excluding carboxylic acids is 5. The first-order valence-corrected chi connectivity index (χ1v) is 15.8. The summed E-state index contributed by atoms with van der Waals surface area (Å²) in [4.78, 5) is 67.4. The number of carbonyl (C=O) groups is 5. The van der Waals surface area contributed by atoms with Gasteiger partial charge < -0.3 is 30.9 Å². The van der Waals surface area contributed by atoms with E-state index in [2.05, 4.69) is 21.3 Å². The van der Waals surface area contributed by atoms with Crippen molar-refractivity contribution in [2.45, 2.75) is 84.6 Å². The number of ether oxygens (including phenoxy) is 1. The van der Waals surface area contributed by atoms with Gasteiger partial charge in [0.25, 0.3) is 5.91 Å². The van der Waals surface area contributed by atoms with Crippen molar-refractivity contribution in [2.75, 3.05) is 13.2 Å². The van der Waals surface area contributed by atoms with Crippen molar-refractivity contribution in [2.24, 2.45) is 11.8 Å². The SMILES string of the molecule is CC(C)C[C@@H]1COc2ccccc2C(=O)N[C@H](C(=O)NCc2cccc(CN3CCCC3=O)c2)CC(=O)N[C@H](C(C)C)C(=O)N1. The molecule has 3 atom stereocenters. The predicted octanol–water partition coefficient (Wildman–Crippen LogP) is 2.68. The van der Waals surface area contributed by atoms with Gasteiger partial charge in [-0.15, -0.1) is 0 Å². The average molecular weight is 620 g/mol. The summed E-state index contributed by atoms with van der Waals surface area (Å²) in [5.41, 5.74) is 1.98. The molecule has 11 nitrogen and oxygen atoms in total. The van der Waals surface area contributed by atoms with Crippen LogP contribution >= 0.6 is 0 Å². The monoisotopic (exact) mass is 619 g/mol. The number of para-hydroxylation sites is 1. The number of likely N-dealkylation sites (tertiary alicyclic amines) is 1. The molecule has 2 aromatic carbocycles. The van der Waals surface area contributed by atoms with Crippen molar-refractivity contribution < 1.29 is 28.7 Å². The summed E-state index contributed by atoms with van der Waals surface area (Å²) in [5, 5.41) is 11.4. The Balaban J connectivity index is 1.53. The van der Waals surface area contributed by atoms with Crippen LogP contribution < -0.4 is 26.0 Å². The number of hydrogen-bond donors (Lipinski definition) is 4. The number of nitrogens with one attached hydrogen (secondary N) is 4. The number of benzene rings is 2. The standard InChI is InChI=1S/C34H45N5O6/c1-21(2)15-25-20-45-28-12-6-5-11-26(28)32(42)37-27(17-29(40)38-31(22(3)4)34(44)36-25)33(43)35-18-23-9-7-10-24(16-23)19-39-14-8-13-30(39)41/h5-7,9-12,16,21-22,25,27,31H,8,13-15,17-20H2,1-4H3,(H,35,43)(H,36,44)(H,37,42)(H,38,40)/t25-,27+,31-/m1/s1. The molecule has 1 fully saturated rings. The zero-order valence-electron chi connectivity index (χ0n) is 26.6. The van der Waals surface area contributed by atoms with Crippen LogP contribution in [0.3, 0.4) is 0 Å². The molecular weight excluding hydrogens is 574 g/mol. The van der Waals surface area contributed by atoms with E-state index in [0.29, 0.717) is 25.1 Å². The molecule has 2 aliphatic heterocycles. The topological polar surface area (TPSA) is 146 Å². The molecule has 0 radical (unpaired) electrons. The van der Waals surface area contributed by atoms with Gasteiger partial charge in [-0.2, -0.15) is 0 Å². The lowest BCUT2D eigenvalue weighted by Gasteiger charge is -2.28. The lowest BCUT2D eigenvalue weighted by molar-refractivity contribution is -0.132. The van der Waals surface area contributed by atoms with E-state index in [9.17, 15) is 24.0 Å². The molecule has 2 heterocycles. The Labute approximate surface area is 264 Å². The molecule has 1 saturated heterocycles. The maximum absolute atomic E-state index is 13.5. The van der Waals surface area contributed by atoms with Gasteiger partial charge in [-0.05, 0) is 47.9 Å². The third-order valence-corrected chi connectivity index (χ3v) is 7.95. The summed E-state index contributed by atoms with van der Waals surface area (Å²) in [6.07, 6.45) is 1.69. The Morgan fingerprint density at radius 3 is 2.44 bits per heavy atom. The van der Waals surface area contributed by atoms with Crippen LogP contribution in [0.1, 0.15) is 74.9 Å². The molecule has 0 aromatic heterocycles. The second-order valence-electron chi connectivity index (χ2n) is 12.6. The summed E-state index contributed by atoms with van der Waals surface area (Å²) in [6, 6.07) is 11.9. The zero-order chi connectivity index (χ0) is 32.5. The minimum absolute atomic E-state index is 0.127. The smallest absolute Gasteiger partial charge is 0.255 e. The molecule has 0 aliphatic carbocycles. The fraction of sp³-hybridized carbons (Fsp3) is 0.500. The molecule has 0 bridgehead atoms. The van der Waals surface area contributed by atoms with Crippen LogP contribution in [-0.2, 0) is 32.3 Å². The normalized spacial score (nSPS) is 21.4. The second-order valence-corrected chi connectivity index (χ2v) is 12.6. The minimum Gasteiger partial charge on any atom is -0.491 e. The first kappa shape index (κ1) is 33.5. The molecule has 2 aromatic rings. The Hall–Kier alpha value is -4.41. The van der Waals surface area contributed by atoms with Crippen molar-refractivity contribution >= 4 is 29.5 Å². The van der Waals surface area contributed by atoms with Crippen molar-refractivity contribution in [1.29, 1.82) is 0 Å². The molecular formula is C34H45N5O6. The lowest BCUT2D eigenvalue weighted by atomic mass is 10.00. The second kappa shape index (κ2) is 15.5. The Morgan fingerprint density at radius 1 is 0.978 bits per heavy atom. The summed E-state index contributed by atoms with van der Waals surface area (Å²) < 4.78 is 6.06. The Bertz CT molecular complexity index is 1390. The van der Waals surface area contributed by atoms with E-state index in [1.807, 2.05) is 56.9 Å². The molecule has 5 amide bonds. The Kier molecular flexibility index (Phi) is 11.6. The highest BCUT2D eigenvalue weighted by Crippen LogP contribution is 2.20. The Morgan fingerprint density at radius 2 is 1.73 bits per heavy atom. The van der Waals surface area contributed by atoms with Gasteiger partial charge in [0.05, 0.1) is 18.0 Å². The van der Waals surface area contributed by atoms with Crippen molar-refractivity contribution in [3.05, 3.63) is 65.2 Å². The van der Waals surface area contributed by atoms with Gasteiger partial charge in [-0.1, -0.05) is 64.1 Å². The molecule has 242 valence electrons. The van der Waals surface area contributed by atoms with E-state index >= 15 is 0 Å². The van der Waals surface area contributed by atoms with Gasteiger partial charge in [-0.3, -0.25) is 24.0 Å². The maximum atomic E-state index is 13.5. The van der Waals surface area contributed by atoms with E-state index in [1.165, 1.54) is 0 Å². The van der Waals surface area contributed by atoms with Crippen LogP contribution in [0.15, 0.2) is 48.5 Å². The van der Waals surface area contributed by atoms with Crippen LogP contribution in [0, 0.1) is 11.8 Å². The van der Waals surface area contributed by atoms with E-state index < -0.39 is 29.8 Å². The van der Waals surface area contributed by atoms with Crippen LogP contribution in [0.5, 0.6) is 5.75 Å². The highest BCUT2D eigenvalue weighted by atomic mass is 16.5. The number of rotatable bonds is 8. The van der Waals surface area contributed by atoms with Gasteiger partial charge in [0, 0.05) is 26.1 Å². The zero-order valence-corrected chi connectivity index (χ0v) is 26.6. The molecule has 11 heteroatoms.